The van der Waals surface area contributed by atoms with E-state index < -0.39 is 0 Å². The SMILES string of the molecule is C=C(C)C(=O)OC.C=C(C)C(=O)OCC1CO1.C=CC#N.C=CC(=O)OCC.C=CC(=O)OCCCC. The Bertz CT molecular complexity index is 773. The molecule has 0 radical (unpaired) electrons. The molecule has 1 heterocycles. The lowest BCUT2D eigenvalue weighted by molar-refractivity contribution is -0.139. The lowest BCUT2D eigenvalue weighted by atomic mass is 10.4. The minimum Gasteiger partial charge on any atom is -0.466 e. The Kier molecular flexibility index (Phi) is 32.7. The van der Waals surface area contributed by atoms with Gasteiger partial charge in [0.2, 0.25) is 0 Å². The van der Waals surface area contributed by atoms with E-state index in [-0.39, 0.29) is 30.0 Å². The summed E-state index contributed by atoms with van der Waals surface area (Å²) in [6.07, 6.45) is 5.62. The van der Waals surface area contributed by atoms with Crippen LogP contribution in [-0.2, 0) is 42.9 Å². The summed E-state index contributed by atoms with van der Waals surface area (Å²) in [5.41, 5.74) is 0.864. The highest BCUT2D eigenvalue weighted by atomic mass is 16.6. The Hall–Kier alpha value is -3.97. The number of hydrogen-bond acceptors (Lipinski definition) is 10. The smallest absolute Gasteiger partial charge is 0.333 e. The molecule has 0 aromatic rings. The molecule has 0 aromatic carbocycles. The van der Waals surface area contributed by atoms with E-state index in [9.17, 15) is 19.2 Å². The number of esters is 4. The number of nitrogens with zero attached hydrogens (tertiary/aromatic N) is 1. The molecule has 1 unspecified atom stereocenters. The zero-order valence-electron chi connectivity index (χ0n) is 22.7. The second-order valence-electron chi connectivity index (χ2n) is 6.62. The van der Waals surface area contributed by atoms with Gasteiger partial charge in [0.1, 0.15) is 12.7 Å². The first-order chi connectivity index (χ1) is 17.4. The summed E-state index contributed by atoms with van der Waals surface area (Å²) < 4.78 is 23.0. The number of nitriles is 1. The van der Waals surface area contributed by atoms with Gasteiger partial charge in [-0.25, -0.2) is 19.2 Å². The van der Waals surface area contributed by atoms with Gasteiger partial charge in [-0.2, -0.15) is 5.26 Å². The lowest BCUT2D eigenvalue weighted by Gasteiger charge is -1.99. The van der Waals surface area contributed by atoms with Gasteiger partial charge in [0.15, 0.2) is 0 Å². The topological polar surface area (TPSA) is 142 Å². The van der Waals surface area contributed by atoms with Crippen LogP contribution in [0.15, 0.2) is 62.3 Å². The van der Waals surface area contributed by atoms with Gasteiger partial charge in [0.25, 0.3) is 0 Å². The van der Waals surface area contributed by atoms with Crippen molar-refractivity contribution in [2.24, 2.45) is 0 Å². The quantitative estimate of drug-likeness (QED) is 0.102. The molecule has 1 aliphatic heterocycles. The number of allylic oxidation sites excluding steroid dienone is 1. The third-order valence-electron chi connectivity index (χ3n) is 3.14. The van der Waals surface area contributed by atoms with Crippen molar-refractivity contribution in [2.75, 3.05) is 33.5 Å². The summed E-state index contributed by atoms with van der Waals surface area (Å²) in [6, 6.07) is 1.69. The molecule has 0 aromatic heterocycles. The normalized spacial score (nSPS) is 11.3. The zero-order chi connectivity index (χ0) is 29.6. The highest BCUT2D eigenvalue weighted by molar-refractivity contribution is 5.87. The van der Waals surface area contributed by atoms with Gasteiger partial charge in [-0.05, 0) is 27.2 Å². The van der Waals surface area contributed by atoms with Crippen molar-refractivity contribution in [3.8, 4) is 6.07 Å². The monoisotopic (exact) mass is 523 g/mol. The fraction of sp³-hybridized carbons (Fsp3) is 0.444. The molecule has 208 valence electrons. The van der Waals surface area contributed by atoms with Gasteiger partial charge < -0.3 is 23.7 Å². The maximum Gasteiger partial charge on any atom is 0.333 e. The van der Waals surface area contributed by atoms with Crippen LogP contribution in [0.4, 0.5) is 0 Å². The number of carbonyl (C=O) groups excluding carboxylic acids is 4. The second-order valence-corrected chi connectivity index (χ2v) is 6.62. The van der Waals surface area contributed by atoms with E-state index in [1.807, 2.05) is 6.92 Å². The summed E-state index contributed by atoms with van der Waals surface area (Å²) in [6.45, 7) is 25.4. The van der Waals surface area contributed by atoms with Crippen molar-refractivity contribution in [1.29, 1.82) is 5.26 Å². The molecule has 1 fully saturated rings. The molecule has 37 heavy (non-hydrogen) atoms. The maximum absolute atomic E-state index is 10.7. The van der Waals surface area contributed by atoms with Gasteiger partial charge >= 0.3 is 23.9 Å². The van der Waals surface area contributed by atoms with Crippen molar-refractivity contribution >= 4 is 23.9 Å². The number of hydrogen-bond donors (Lipinski definition) is 0. The van der Waals surface area contributed by atoms with Gasteiger partial charge in [-0.1, -0.05) is 46.2 Å². The van der Waals surface area contributed by atoms with Crippen LogP contribution < -0.4 is 0 Å². The number of methoxy groups -OCH3 is 1. The van der Waals surface area contributed by atoms with Crippen LogP contribution in [-0.4, -0.2) is 63.5 Å². The van der Waals surface area contributed by atoms with Gasteiger partial charge in [-0.3, -0.25) is 0 Å². The molecule has 0 saturated carbocycles. The molecule has 1 atom stereocenters. The van der Waals surface area contributed by atoms with Crippen molar-refractivity contribution < 1.29 is 42.9 Å². The van der Waals surface area contributed by atoms with Crippen LogP contribution >= 0.6 is 0 Å². The number of ether oxygens (including phenoxy) is 5. The molecule has 0 amide bonds. The molecule has 10 nitrogen and oxygen atoms in total. The molecular formula is C27H41NO9. The molecule has 1 aliphatic rings. The summed E-state index contributed by atoms with van der Waals surface area (Å²) in [5, 5.41) is 7.51. The highest BCUT2D eigenvalue weighted by Crippen LogP contribution is 2.09. The van der Waals surface area contributed by atoms with Crippen molar-refractivity contribution in [3.63, 3.8) is 0 Å². The Morgan fingerprint density at radius 1 is 0.946 bits per heavy atom. The third-order valence-corrected chi connectivity index (χ3v) is 3.14. The summed E-state index contributed by atoms with van der Waals surface area (Å²) in [7, 11) is 1.33. The first kappa shape index (κ1) is 40.2. The van der Waals surface area contributed by atoms with Gasteiger partial charge in [0, 0.05) is 29.4 Å². The molecule has 1 saturated heterocycles. The van der Waals surface area contributed by atoms with Crippen LogP contribution in [0.1, 0.15) is 40.5 Å². The van der Waals surface area contributed by atoms with Crippen LogP contribution in [0.25, 0.3) is 0 Å². The zero-order valence-corrected chi connectivity index (χ0v) is 22.7. The predicted octanol–water partition coefficient (Wildman–Crippen LogP) is 4.19. The Morgan fingerprint density at radius 2 is 1.41 bits per heavy atom. The maximum atomic E-state index is 10.7. The van der Waals surface area contributed by atoms with E-state index in [0.717, 1.165) is 18.9 Å². The molecule has 0 N–H and O–H groups in total. The predicted molar refractivity (Wildman–Crippen MR) is 141 cm³/mol. The van der Waals surface area contributed by atoms with Crippen LogP contribution in [0.2, 0.25) is 0 Å². The molecule has 0 spiro atoms. The first-order valence-corrected chi connectivity index (χ1v) is 11.2. The Balaban J connectivity index is -0.000000189. The van der Waals surface area contributed by atoms with Crippen LogP contribution in [0, 0.1) is 11.3 Å². The van der Waals surface area contributed by atoms with Gasteiger partial charge in [-0.15, -0.1) is 0 Å². The summed E-state index contributed by atoms with van der Waals surface area (Å²) >= 11 is 0. The average Bonchev–Trinajstić information content (AvgIpc) is 3.72. The number of carbonyl (C=O) groups is 4. The summed E-state index contributed by atoms with van der Waals surface area (Å²) in [5.74, 6) is -1.37. The Morgan fingerprint density at radius 3 is 1.65 bits per heavy atom. The van der Waals surface area contributed by atoms with Crippen LogP contribution in [0.5, 0.6) is 0 Å². The van der Waals surface area contributed by atoms with Crippen molar-refractivity contribution in [2.45, 2.75) is 46.6 Å². The van der Waals surface area contributed by atoms with Crippen molar-refractivity contribution in [3.05, 3.63) is 62.3 Å². The van der Waals surface area contributed by atoms with E-state index in [1.165, 1.54) is 19.3 Å². The molecular weight excluding hydrogens is 482 g/mol. The van der Waals surface area contributed by atoms with Crippen LogP contribution in [0.3, 0.4) is 0 Å². The third kappa shape index (κ3) is 39.5. The molecule has 0 bridgehead atoms. The second kappa shape index (κ2) is 30.1. The molecule has 1 rings (SSSR count). The standard InChI is InChI=1S/C7H10O3.C7H12O2.2C5H8O2.C3H3N/c1-5(2)7(8)10-4-6-3-9-6;1-3-5-6-9-7(8)4-2;1-4(2)5(6)7-3;1-3-5(6)7-4-2;1-2-3-4/h6H,1,3-4H2,2H3;4H,2-3,5-6H2,1H3;1H2,2-3H3;3H,1,4H2,2H3;2H,1H2. The van der Waals surface area contributed by atoms with E-state index in [2.05, 4.69) is 47.1 Å². The average molecular weight is 524 g/mol. The van der Waals surface area contributed by atoms with E-state index in [0.29, 0.717) is 37.6 Å². The minimum atomic E-state index is -0.359. The number of epoxide rings is 1. The fourth-order valence-electron chi connectivity index (χ4n) is 1.21. The lowest BCUT2D eigenvalue weighted by Crippen LogP contribution is -2.09. The minimum absolute atomic E-state index is 0.142. The largest absolute Gasteiger partial charge is 0.466 e. The van der Waals surface area contributed by atoms with E-state index >= 15 is 0 Å². The molecule has 0 aliphatic carbocycles. The van der Waals surface area contributed by atoms with Crippen molar-refractivity contribution in [1.82, 2.24) is 0 Å². The number of rotatable bonds is 10. The number of unbranched alkanes of at least 4 members (excludes halogenated alkanes) is 1. The van der Waals surface area contributed by atoms with Gasteiger partial charge in [0.05, 0.1) is 33.0 Å². The van der Waals surface area contributed by atoms with E-state index in [1.54, 1.807) is 26.8 Å². The first-order valence-electron chi connectivity index (χ1n) is 11.2. The van der Waals surface area contributed by atoms with E-state index in [4.69, 9.17) is 14.7 Å². The Labute approximate surface area is 220 Å². The molecule has 10 heteroatoms. The fourth-order valence-corrected chi connectivity index (χ4v) is 1.21. The highest BCUT2D eigenvalue weighted by Gasteiger charge is 2.24. The summed E-state index contributed by atoms with van der Waals surface area (Å²) in [4.78, 5) is 41.3.